The number of amides is 1. The number of fused-ring (bicyclic) bond motifs is 3. The molecule has 6 nitrogen and oxygen atoms in total. The van der Waals surface area contributed by atoms with Gasteiger partial charge in [0.25, 0.3) is 5.91 Å². The van der Waals surface area contributed by atoms with Crippen molar-refractivity contribution in [3.05, 3.63) is 16.6 Å². The summed E-state index contributed by atoms with van der Waals surface area (Å²) in [6.07, 6.45) is 3.69. The van der Waals surface area contributed by atoms with Crippen LogP contribution in [0.4, 0.5) is 11.4 Å². The highest BCUT2D eigenvalue weighted by atomic mass is 79.9. The first-order valence-electron chi connectivity index (χ1n) is 7.52. The van der Waals surface area contributed by atoms with Gasteiger partial charge in [0.05, 0.1) is 11.4 Å². The Balaban J connectivity index is 1.74. The van der Waals surface area contributed by atoms with Gasteiger partial charge in [-0.2, -0.15) is 5.10 Å². The van der Waals surface area contributed by atoms with Crippen molar-refractivity contribution in [3.63, 3.8) is 0 Å². The largest absolute Gasteiger partial charge is 0.483 e. The zero-order valence-electron chi connectivity index (χ0n) is 12.2. The van der Waals surface area contributed by atoms with Gasteiger partial charge >= 0.3 is 0 Å². The van der Waals surface area contributed by atoms with Crippen molar-refractivity contribution in [1.29, 1.82) is 0 Å². The summed E-state index contributed by atoms with van der Waals surface area (Å²) in [5, 5.41) is 7.66. The van der Waals surface area contributed by atoms with Gasteiger partial charge in [-0.05, 0) is 54.2 Å². The van der Waals surface area contributed by atoms with Crippen molar-refractivity contribution in [2.75, 3.05) is 16.8 Å². The second kappa shape index (κ2) is 5.15. The molecule has 0 spiro atoms. The zero-order chi connectivity index (χ0) is 15.3. The number of halogens is 1. The molecule has 1 fully saturated rings. The number of amidine groups is 1. The molecule has 0 aromatic heterocycles. The average molecular weight is 365 g/mol. The number of benzene rings is 1. The Bertz CT molecular complexity index is 672. The fourth-order valence-electron chi connectivity index (χ4n) is 2.93. The Labute approximate surface area is 137 Å². The molecule has 1 aromatic rings. The quantitative estimate of drug-likeness (QED) is 0.845. The molecule has 0 bridgehead atoms. The molecular weight excluding hydrogens is 348 g/mol. The minimum Gasteiger partial charge on any atom is -0.483 e. The summed E-state index contributed by atoms with van der Waals surface area (Å²) in [5.41, 5.74) is 4.46. The molecule has 116 valence electrons. The van der Waals surface area contributed by atoms with E-state index in [0.717, 1.165) is 27.4 Å². The Hall–Kier alpha value is -1.76. The van der Waals surface area contributed by atoms with Gasteiger partial charge in [0, 0.05) is 10.5 Å². The molecule has 22 heavy (non-hydrogen) atoms. The maximum absolute atomic E-state index is 11.9. The fraction of sp³-hybridized carbons (Fsp3) is 0.467. The molecule has 2 aliphatic heterocycles. The molecule has 1 saturated carbocycles. The van der Waals surface area contributed by atoms with Crippen LogP contribution in [0.3, 0.4) is 0 Å². The highest BCUT2D eigenvalue weighted by Crippen LogP contribution is 2.41. The lowest BCUT2D eigenvalue weighted by Crippen LogP contribution is -2.55. The zero-order valence-corrected chi connectivity index (χ0v) is 13.8. The van der Waals surface area contributed by atoms with E-state index in [-0.39, 0.29) is 11.9 Å². The molecule has 0 radical (unpaired) electrons. The van der Waals surface area contributed by atoms with E-state index in [1.165, 1.54) is 19.3 Å². The third kappa shape index (κ3) is 2.15. The van der Waals surface area contributed by atoms with Gasteiger partial charge in [-0.1, -0.05) is 0 Å². The molecule has 2 N–H and O–H groups in total. The number of hydrogen-bond donors (Lipinski definition) is 2. The summed E-state index contributed by atoms with van der Waals surface area (Å²) >= 11 is 3.60. The molecule has 1 unspecified atom stereocenters. The van der Waals surface area contributed by atoms with E-state index >= 15 is 0 Å². The van der Waals surface area contributed by atoms with Crippen LogP contribution in [0.2, 0.25) is 0 Å². The number of carbonyl (C=O) groups excluding carboxylic acids is 1. The van der Waals surface area contributed by atoms with E-state index in [1.807, 2.05) is 24.0 Å². The topological polar surface area (TPSA) is 66.0 Å². The number of nitrogens with one attached hydrogen (secondary N) is 2. The van der Waals surface area contributed by atoms with Crippen LogP contribution in [-0.4, -0.2) is 30.4 Å². The van der Waals surface area contributed by atoms with Gasteiger partial charge in [0.15, 0.2) is 5.84 Å². The van der Waals surface area contributed by atoms with Crippen molar-refractivity contribution in [2.45, 2.75) is 38.3 Å². The third-order valence-electron chi connectivity index (χ3n) is 4.47. The van der Waals surface area contributed by atoms with E-state index in [9.17, 15) is 4.79 Å². The van der Waals surface area contributed by atoms with Gasteiger partial charge in [-0.15, -0.1) is 0 Å². The molecule has 2 heterocycles. The first kappa shape index (κ1) is 13.9. The van der Waals surface area contributed by atoms with Gasteiger partial charge in [0.1, 0.15) is 18.4 Å². The number of nitrogens with zero attached hydrogens (tertiary/aromatic N) is 2. The van der Waals surface area contributed by atoms with E-state index < -0.39 is 0 Å². The van der Waals surface area contributed by atoms with Gasteiger partial charge in [-0.25, -0.2) is 5.43 Å². The second-order valence-electron chi connectivity index (χ2n) is 5.91. The van der Waals surface area contributed by atoms with Crippen molar-refractivity contribution in [2.24, 2.45) is 5.10 Å². The lowest BCUT2D eigenvalue weighted by atomic mass is 9.93. The minimum atomic E-state index is -0.298. The summed E-state index contributed by atoms with van der Waals surface area (Å²) < 4.78 is 6.76. The number of hydrazone groups is 1. The molecule has 1 amide bonds. The number of anilines is 2. The van der Waals surface area contributed by atoms with Crippen molar-refractivity contribution in [1.82, 2.24) is 5.43 Å². The highest BCUT2D eigenvalue weighted by molar-refractivity contribution is 9.10. The van der Waals surface area contributed by atoms with Crippen LogP contribution in [-0.2, 0) is 4.79 Å². The average Bonchev–Trinajstić information content (AvgIpc) is 2.46. The Morgan fingerprint density at radius 2 is 2.27 bits per heavy atom. The number of rotatable bonds is 2. The second-order valence-corrected chi connectivity index (χ2v) is 6.77. The molecule has 0 saturated heterocycles. The normalized spacial score (nSPS) is 23.5. The standard InChI is InChI=1S/C15H17BrN4O2/c1-8-15(21)19-18-14-7-22-13-5-10(16)11(6-12(13)20(8)14)17-9-3-2-4-9/h5-6,8-9,17H,2-4,7H2,1H3,(H,19,21). The van der Waals surface area contributed by atoms with E-state index in [1.54, 1.807) is 0 Å². The summed E-state index contributed by atoms with van der Waals surface area (Å²) in [4.78, 5) is 13.9. The lowest BCUT2D eigenvalue weighted by molar-refractivity contribution is -0.122. The summed E-state index contributed by atoms with van der Waals surface area (Å²) in [5.74, 6) is 1.40. The maximum Gasteiger partial charge on any atom is 0.262 e. The molecule has 1 aliphatic carbocycles. The first-order valence-corrected chi connectivity index (χ1v) is 8.31. The van der Waals surface area contributed by atoms with Crippen molar-refractivity contribution >= 4 is 39.0 Å². The Morgan fingerprint density at radius 1 is 1.45 bits per heavy atom. The maximum atomic E-state index is 11.9. The predicted octanol–water partition coefficient (Wildman–Crippen LogP) is 2.44. The molecule has 7 heteroatoms. The fourth-order valence-corrected chi connectivity index (χ4v) is 3.37. The van der Waals surface area contributed by atoms with E-state index in [2.05, 4.69) is 31.8 Å². The van der Waals surface area contributed by atoms with Crippen LogP contribution in [0.25, 0.3) is 0 Å². The highest BCUT2D eigenvalue weighted by Gasteiger charge is 2.35. The SMILES string of the molecule is CC1C(=O)NN=C2COc3cc(Br)c(NC4CCC4)cc3N21. The predicted molar refractivity (Wildman–Crippen MR) is 88.4 cm³/mol. The third-order valence-corrected chi connectivity index (χ3v) is 5.13. The number of ether oxygens (including phenoxy) is 1. The summed E-state index contributed by atoms with van der Waals surface area (Å²) in [7, 11) is 0. The van der Waals surface area contributed by atoms with Crippen LogP contribution in [0, 0.1) is 0 Å². The molecule has 1 atom stereocenters. The van der Waals surface area contributed by atoms with Crippen LogP contribution in [0.15, 0.2) is 21.7 Å². The number of hydrogen-bond acceptors (Lipinski definition) is 5. The Morgan fingerprint density at radius 3 is 3.00 bits per heavy atom. The van der Waals surface area contributed by atoms with Gasteiger partial charge < -0.3 is 15.0 Å². The first-order chi connectivity index (χ1) is 10.6. The van der Waals surface area contributed by atoms with E-state index in [4.69, 9.17) is 4.74 Å². The monoisotopic (exact) mass is 364 g/mol. The lowest BCUT2D eigenvalue weighted by Gasteiger charge is -2.38. The summed E-state index contributed by atoms with van der Waals surface area (Å²) in [6, 6.07) is 4.25. The van der Waals surface area contributed by atoms with Crippen molar-refractivity contribution < 1.29 is 9.53 Å². The smallest absolute Gasteiger partial charge is 0.262 e. The number of carbonyl (C=O) groups is 1. The van der Waals surface area contributed by atoms with Crippen LogP contribution in [0.1, 0.15) is 26.2 Å². The van der Waals surface area contributed by atoms with Crippen LogP contribution < -0.4 is 20.4 Å². The molecule has 1 aromatic carbocycles. The van der Waals surface area contributed by atoms with Crippen LogP contribution in [0.5, 0.6) is 5.75 Å². The molecule has 4 rings (SSSR count). The molecule has 3 aliphatic rings. The van der Waals surface area contributed by atoms with Gasteiger partial charge in [-0.3, -0.25) is 4.79 Å². The van der Waals surface area contributed by atoms with Crippen molar-refractivity contribution in [3.8, 4) is 5.75 Å². The minimum absolute atomic E-state index is 0.104. The molecular formula is C15H17BrN4O2. The van der Waals surface area contributed by atoms with Crippen LogP contribution >= 0.6 is 15.9 Å². The summed E-state index contributed by atoms with van der Waals surface area (Å²) in [6.45, 7) is 2.24. The Kier molecular flexibility index (Phi) is 3.25. The van der Waals surface area contributed by atoms with E-state index in [0.29, 0.717) is 12.6 Å². The van der Waals surface area contributed by atoms with Gasteiger partial charge in [0.2, 0.25) is 0 Å².